The first-order valence-corrected chi connectivity index (χ1v) is 10.6. The Kier molecular flexibility index (Phi) is 8.10. The van der Waals surface area contributed by atoms with Crippen LogP contribution in [0.2, 0.25) is 0 Å². The van der Waals surface area contributed by atoms with Gasteiger partial charge in [0.2, 0.25) is 0 Å². The lowest BCUT2D eigenvalue weighted by molar-refractivity contribution is -0.0521. The molecule has 5 heteroatoms. The van der Waals surface area contributed by atoms with Gasteiger partial charge in [0.25, 0.3) is 0 Å². The zero-order valence-electron chi connectivity index (χ0n) is 17.5. The predicted molar refractivity (Wildman–Crippen MR) is 116 cm³/mol. The van der Waals surface area contributed by atoms with E-state index < -0.39 is 24.0 Å². The Balaban J connectivity index is 1.70. The Labute approximate surface area is 180 Å². The lowest BCUT2D eigenvalue weighted by Gasteiger charge is -2.10. The molecule has 0 aliphatic carbocycles. The fraction of sp³-hybridized carbons (Fsp3) is 0.308. The molecule has 3 aromatic carbocycles. The summed E-state index contributed by atoms with van der Waals surface area (Å²) in [7, 11) is 0. The first kappa shape index (κ1) is 22.9. The molecule has 0 N–H and O–H groups in total. The van der Waals surface area contributed by atoms with Gasteiger partial charge >= 0.3 is 6.61 Å². The maximum Gasteiger partial charge on any atom is 0.387 e. The molecule has 0 aliphatic rings. The Morgan fingerprint density at radius 2 is 1.35 bits per heavy atom. The van der Waals surface area contributed by atoms with Crippen molar-refractivity contribution >= 4 is 0 Å². The minimum absolute atomic E-state index is 0.190. The molecule has 164 valence electrons. The standard InChI is InChI=1S/C26H26F4O/c1-2-3-4-5-6-7-18-8-10-19(11-9-18)20-12-14-22(23(27)16-20)21-13-15-25(24(28)17-21)31-26(29)30/h8-17,26H,2-7H2,1H3. The van der Waals surface area contributed by atoms with E-state index in [1.807, 2.05) is 12.1 Å². The first-order chi connectivity index (χ1) is 15.0. The molecule has 0 atom stereocenters. The van der Waals surface area contributed by atoms with Gasteiger partial charge in [-0.1, -0.05) is 75.1 Å². The van der Waals surface area contributed by atoms with E-state index in [1.165, 1.54) is 49.8 Å². The van der Waals surface area contributed by atoms with Gasteiger partial charge in [-0.2, -0.15) is 8.78 Å². The van der Waals surface area contributed by atoms with E-state index in [0.717, 1.165) is 24.1 Å². The van der Waals surface area contributed by atoms with Crippen LogP contribution < -0.4 is 4.74 Å². The molecule has 0 saturated carbocycles. The largest absolute Gasteiger partial charge is 0.432 e. The zero-order valence-corrected chi connectivity index (χ0v) is 17.5. The van der Waals surface area contributed by atoms with Crippen molar-refractivity contribution in [1.82, 2.24) is 0 Å². The molecule has 0 bridgehead atoms. The topological polar surface area (TPSA) is 9.23 Å². The van der Waals surface area contributed by atoms with E-state index in [-0.39, 0.29) is 11.1 Å². The van der Waals surface area contributed by atoms with Gasteiger partial charge in [-0.25, -0.2) is 8.78 Å². The second-order valence-corrected chi connectivity index (χ2v) is 7.58. The van der Waals surface area contributed by atoms with Crippen LogP contribution in [-0.4, -0.2) is 6.61 Å². The van der Waals surface area contributed by atoms with Gasteiger partial charge in [-0.15, -0.1) is 0 Å². The summed E-state index contributed by atoms with van der Waals surface area (Å²) >= 11 is 0. The van der Waals surface area contributed by atoms with E-state index in [4.69, 9.17) is 0 Å². The minimum atomic E-state index is -3.12. The van der Waals surface area contributed by atoms with Gasteiger partial charge in [0.05, 0.1) is 0 Å². The minimum Gasteiger partial charge on any atom is -0.432 e. The molecule has 31 heavy (non-hydrogen) atoms. The summed E-state index contributed by atoms with van der Waals surface area (Å²) in [5.41, 5.74) is 3.32. The normalized spacial score (nSPS) is 11.2. The van der Waals surface area contributed by atoms with E-state index >= 15 is 0 Å². The average Bonchev–Trinajstić information content (AvgIpc) is 2.75. The lowest BCUT2D eigenvalue weighted by Crippen LogP contribution is -2.03. The van der Waals surface area contributed by atoms with Crippen LogP contribution in [0.25, 0.3) is 22.3 Å². The summed E-state index contributed by atoms with van der Waals surface area (Å²) in [5, 5.41) is 0. The quantitative estimate of drug-likeness (QED) is 0.232. The summed E-state index contributed by atoms with van der Waals surface area (Å²) < 4.78 is 57.4. The third-order valence-corrected chi connectivity index (χ3v) is 5.28. The fourth-order valence-corrected chi connectivity index (χ4v) is 3.59. The molecule has 0 saturated heterocycles. The molecular formula is C26H26F4O. The third kappa shape index (κ3) is 6.33. The number of rotatable bonds is 10. The molecule has 0 fully saturated rings. The SMILES string of the molecule is CCCCCCCc1ccc(-c2ccc(-c3ccc(OC(F)F)c(F)c3)c(F)c2)cc1. The van der Waals surface area contributed by atoms with Crippen molar-refractivity contribution in [2.75, 3.05) is 0 Å². The van der Waals surface area contributed by atoms with Crippen LogP contribution in [0.15, 0.2) is 60.7 Å². The smallest absolute Gasteiger partial charge is 0.387 e. The highest BCUT2D eigenvalue weighted by molar-refractivity contribution is 5.71. The van der Waals surface area contributed by atoms with Gasteiger partial charge in [0.15, 0.2) is 11.6 Å². The summed E-state index contributed by atoms with van der Waals surface area (Å²) in [6.07, 6.45) is 7.22. The van der Waals surface area contributed by atoms with Crippen LogP contribution in [0.3, 0.4) is 0 Å². The highest BCUT2D eigenvalue weighted by Crippen LogP contribution is 2.31. The van der Waals surface area contributed by atoms with Crippen molar-refractivity contribution in [3.63, 3.8) is 0 Å². The Morgan fingerprint density at radius 3 is 2.00 bits per heavy atom. The predicted octanol–water partition coefficient (Wildman–Crippen LogP) is 8.41. The van der Waals surface area contributed by atoms with Crippen molar-refractivity contribution in [3.8, 4) is 28.0 Å². The van der Waals surface area contributed by atoms with E-state index in [9.17, 15) is 17.6 Å². The molecule has 0 radical (unpaired) electrons. The number of unbranched alkanes of at least 4 members (excludes halogenated alkanes) is 4. The van der Waals surface area contributed by atoms with Crippen molar-refractivity contribution in [3.05, 3.63) is 77.9 Å². The van der Waals surface area contributed by atoms with Crippen molar-refractivity contribution < 1.29 is 22.3 Å². The van der Waals surface area contributed by atoms with Crippen LogP contribution >= 0.6 is 0 Å². The number of ether oxygens (including phenoxy) is 1. The number of aryl methyl sites for hydroxylation is 1. The van der Waals surface area contributed by atoms with E-state index in [1.54, 1.807) is 12.1 Å². The van der Waals surface area contributed by atoms with Gasteiger partial charge < -0.3 is 4.74 Å². The second-order valence-electron chi connectivity index (χ2n) is 7.58. The Bertz CT molecular complexity index is 983. The number of halogens is 4. The van der Waals surface area contributed by atoms with Crippen LogP contribution in [0, 0.1) is 11.6 Å². The van der Waals surface area contributed by atoms with Crippen LogP contribution in [0.4, 0.5) is 17.6 Å². The number of hydrogen-bond acceptors (Lipinski definition) is 1. The van der Waals surface area contributed by atoms with Gasteiger partial charge in [0, 0.05) is 5.56 Å². The molecule has 3 aromatic rings. The van der Waals surface area contributed by atoms with Gasteiger partial charge in [-0.05, 0) is 53.3 Å². The molecule has 0 amide bonds. The molecule has 3 rings (SSSR count). The molecule has 0 aliphatic heterocycles. The highest BCUT2D eigenvalue weighted by Gasteiger charge is 2.13. The fourth-order valence-electron chi connectivity index (χ4n) is 3.59. The molecular weight excluding hydrogens is 404 g/mol. The molecule has 0 spiro atoms. The van der Waals surface area contributed by atoms with Crippen LogP contribution in [0.1, 0.15) is 44.6 Å². The lowest BCUT2D eigenvalue weighted by atomic mass is 9.98. The second kappa shape index (κ2) is 11.0. The number of hydrogen-bond donors (Lipinski definition) is 0. The van der Waals surface area contributed by atoms with E-state index in [2.05, 4.69) is 23.8 Å². The zero-order chi connectivity index (χ0) is 22.2. The summed E-state index contributed by atoms with van der Waals surface area (Å²) in [6.45, 7) is -0.919. The average molecular weight is 430 g/mol. The van der Waals surface area contributed by atoms with E-state index in [0.29, 0.717) is 5.56 Å². The summed E-state index contributed by atoms with van der Waals surface area (Å²) in [4.78, 5) is 0. The van der Waals surface area contributed by atoms with Crippen LogP contribution in [0.5, 0.6) is 5.75 Å². The maximum absolute atomic E-state index is 14.7. The van der Waals surface area contributed by atoms with Crippen LogP contribution in [-0.2, 0) is 6.42 Å². The summed E-state index contributed by atoms with van der Waals surface area (Å²) in [5.74, 6) is -2.05. The maximum atomic E-state index is 14.7. The molecule has 1 nitrogen and oxygen atoms in total. The Morgan fingerprint density at radius 1 is 0.710 bits per heavy atom. The number of benzene rings is 3. The number of alkyl halides is 2. The van der Waals surface area contributed by atoms with Gasteiger partial charge in [-0.3, -0.25) is 0 Å². The third-order valence-electron chi connectivity index (χ3n) is 5.28. The van der Waals surface area contributed by atoms with Crippen molar-refractivity contribution in [1.29, 1.82) is 0 Å². The monoisotopic (exact) mass is 430 g/mol. The molecule has 0 aromatic heterocycles. The first-order valence-electron chi connectivity index (χ1n) is 10.6. The van der Waals surface area contributed by atoms with Crippen molar-refractivity contribution in [2.24, 2.45) is 0 Å². The summed E-state index contributed by atoms with van der Waals surface area (Å²) in [6, 6.07) is 16.2. The molecule has 0 heterocycles. The van der Waals surface area contributed by atoms with Crippen molar-refractivity contribution in [2.45, 2.75) is 52.1 Å². The molecule has 0 unspecified atom stereocenters. The Hall–Kier alpha value is -2.82. The van der Waals surface area contributed by atoms with Gasteiger partial charge in [0.1, 0.15) is 5.82 Å². The highest BCUT2D eigenvalue weighted by atomic mass is 19.3.